The predicted molar refractivity (Wildman–Crippen MR) is 95.2 cm³/mol. The molecular formula is C19H30N2O3. The van der Waals surface area contributed by atoms with E-state index in [2.05, 4.69) is 29.7 Å². The molecule has 1 aromatic rings. The van der Waals surface area contributed by atoms with Gasteiger partial charge in [0.2, 0.25) is 5.91 Å². The zero-order valence-corrected chi connectivity index (χ0v) is 14.8. The van der Waals surface area contributed by atoms with E-state index in [-0.39, 0.29) is 18.4 Å². The van der Waals surface area contributed by atoms with Gasteiger partial charge in [-0.15, -0.1) is 0 Å². The largest absolute Gasteiger partial charge is 0.494 e. The van der Waals surface area contributed by atoms with Gasteiger partial charge in [-0.1, -0.05) is 12.1 Å². The Morgan fingerprint density at radius 1 is 1.38 bits per heavy atom. The monoisotopic (exact) mass is 334 g/mol. The van der Waals surface area contributed by atoms with Gasteiger partial charge in [-0.25, -0.2) is 0 Å². The van der Waals surface area contributed by atoms with Crippen LogP contribution in [0.1, 0.15) is 30.9 Å². The molecule has 2 atom stereocenters. The maximum Gasteiger partial charge on any atom is 0.220 e. The van der Waals surface area contributed by atoms with Crippen LogP contribution in [0, 0.1) is 18.8 Å². The van der Waals surface area contributed by atoms with Crippen LogP contribution < -0.4 is 15.4 Å². The molecule has 5 nitrogen and oxygen atoms in total. The van der Waals surface area contributed by atoms with Crippen molar-refractivity contribution in [2.45, 2.75) is 33.1 Å². The van der Waals surface area contributed by atoms with Crippen LogP contribution in [0.2, 0.25) is 0 Å². The van der Waals surface area contributed by atoms with Gasteiger partial charge in [-0.3, -0.25) is 4.79 Å². The van der Waals surface area contributed by atoms with Gasteiger partial charge < -0.3 is 20.5 Å². The van der Waals surface area contributed by atoms with Gasteiger partial charge in [-0.05, 0) is 49.8 Å². The normalized spacial score (nSPS) is 20.1. The number of carbonyl (C=O) groups excluding carboxylic acids is 1. The molecule has 1 aliphatic heterocycles. The Morgan fingerprint density at radius 2 is 2.17 bits per heavy atom. The molecule has 1 aromatic carbocycles. The molecule has 0 unspecified atom stereocenters. The molecule has 0 bridgehead atoms. The summed E-state index contributed by atoms with van der Waals surface area (Å²) in [6.45, 7) is 7.26. The van der Waals surface area contributed by atoms with E-state index in [9.17, 15) is 9.90 Å². The van der Waals surface area contributed by atoms with Crippen LogP contribution >= 0.6 is 0 Å². The predicted octanol–water partition coefficient (Wildman–Crippen LogP) is 1.66. The number of amides is 1. The molecule has 1 aliphatic rings. The van der Waals surface area contributed by atoms with E-state index in [1.165, 1.54) is 5.56 Å². The fraction of sp³-hybridized carbons (Fsp3) is 0.632. The lowest BCUT2D eigenvalue weighted by atomic mass is 9.97. The molecule has 0 radical (unpaired) electrons. The van der Waals surface area contributed by atoms with Gasteiger partial charge in [0.05, 0.1) is 6.61 Å². The van der Waals surface area contributed by atoms with Crippen molar-refractivity contribution >= 4 is 5.91 Å². The Kier molecular flexibility index (Phi) is 7.53. The highest BCUT2D eigenvalue weighted by Gasteiger charge is 2.26. The lowest BCUT2D eigenvalue weighted by Gasteiger charge is -2.16. The van der Waals surface area contributed by atoms with Crippen LogP contribution in [0.5, 0.6) is 5.75 Å². The Morgan fingerprint density at radius 3 is 2.88 bits per heavy atom. The molecule has 24 heavy (non-hydrogen) atoms. The average molecular weight is 334 g/mol. The summed E-state index contributed by atoms with van der Waals surface area (Å²) in [4.78, 5) is 12.0. The van der Waals surface area contributed by atoms with Crippen LogP contribution in [0.25, 0.3) is 0 Å². The minimum atomic E-state index is 0.0984. The van der Waals surface area contributed by atoms with E-state index in [0.717, 1.165) is 37.2 Å². The third kappa shape index (κ3) is 5.49. The van der Waals surface area contributed by atoms with Crippen LogP contribution in [-0.2, 0) is 11.2 Å². The number of carbonyl (C=O) groups is 1. The zero-order valence-electron chi connectivity index (χ0n) is 14.8. The summed E-state index contributed by atoms with van der Waals surface area (Å²) < 4.78 is 5.55. The summed E-state index contributed by atoms with van der Waals surface area (Å²) in [5.74, 6) is 1.63. The first kappa shape index (κ1) is 18.7. The summed E-state index contributed by atoms with van der Waals surface area (Å²) in [5.41, 5.74) is 2.38. The molecule has 2 rings (SSSR count). The Hall–Kier alpha value is -1.59. The van der Waals surface area contributed by atoms with Gasteiger partial charge in [0.25, 0.3) is 0 Å². The van der Waals surface area contributed by atoms with E-state index in [0.29, 0.717) is 25.5 Å². The fourth-order valence-corrected chi connectivity index (χ4v) is 3.21. The van der Waals surface area contributed by atoms with Crippen molar-refractivity contribution in [2.75, 3.05) is 32.8 Å². The molecule has 1 fully saturated rings. The average Bonchev–Trinajstić information content (AvgIpc) is 3.03. The first-order chi connectivity index (χ1) is 11.6. The summed E-state index contributed by atoms with van der Waals surface area (Å²) in [6, 6.07) is 6.22. The summed E-state index contributed by atoms with van der Waals surface area (Å²) in [6.07, 6.45) is 2.27. The topological polar surface area (TPSA) is 70.6 Å². The zero-order chi connectivity index (χ0) is 17.4. The molecule has 1 saturated heterocycles. The molecule has 1 amide bonds. The summed E-state index contributed by atoms with van der Waals surface area (Å²) >= 11 is 0. The van der Waals surface area contributed by atoms with Crippen LogP contribution in [0.4, 0.5) is 0 Å². The van der Waals surface area contributed by atoms with E-state index in [1.54, 1.807) is 0 Å². The number of hydrogen-bond donors (Lipinski definition) is 3. The maximum absolute atomic E-state index is 12.0. The lowest BCUT2D eigenvalue weighted by molar-refractivity contribution is -0.121. The minimum Gasteiger partial charge on any atom is -0.494 e. The highest BCUT2D eigenvalue weighted by molar-refractivity contribution is 5.75. The van der Waals surface area contributed by atoms with E-state index >= 15 is 0 Å². The molecule has 0 saturated carbocycles. The lowest BCUT2D eigenvalue weighted by Crippen LogP contribution is -2.33. The Labute approximate surface area is 144 Å². The SMILES string of the molecule is CCOc1ccc(CCCC(=O)NC[C@H]2CNC[C@@H]2CO)cc1C. The number of aliphatic hydroxyl groups excluding tert-OH is 1. The van der Waals surface area contributed by atoms with Crippen molar-refractivity contribution in [1.29, 1.82) is 0 Å². The quantitative estimate of drug-likeness (QED) is 0.642. The smallest absolute Gasteiger partial charge is 0.220 e. The van der Waals surface area contributed by atoms with Crippen molar-refractivity contribution in [2.24, 2.45) is 11.8 Å². The number of aliphatic hydroxyl groups is 1. The second-order valence-corrected chi connectivity index (χ2v) is 6.55. The van der Waals surface area contributed by atoms with Gasteiger partial charge in [0.15, 0.2) is 0 Å². The standard InChI is InChI=1S/C19H30N2O3/c1-3-24-18-8-7-15(9-14(18)2)5-4-6-19(23)21-12-16-10-20-11-17(16)13-22/h7-9,16-17,20,22H,3-6,10-13H2,1-2H3,(H,21,23)/t16-,17-/m1/s1. The van der Waals surface area contributed by atoms with Gasteiger partial charge in [-0.2, -0.15) is 0 Å². The Balaban J connectivity index is 1.68. The number of nitrogens with one attached hydrogen (secondary N) is 2. The van der Waals surface area contributed by atoms with Crippen molar-refractivity contribution in [1.82, 2.24) is 10.6 Å². The van der Waals surface area contributed by atoms with Crippen molar-refractivity contribution in [3.63, 3.8) is 0 Å². The highest BCUT2D eigenvalue weighted by atomic mass is 16.5. The second-order valence-electron chi connectivity index (χ2n) is 6.55. The number of hydrogen-bond acceptors (Lipinski definition) is 4. The van der Waals surface area contributed by atoms with Crippen molar-refractivity contribution in [3.8, 4) is 5.75 Å². The molecule has 5 heteroatoms. The van der Waals surface area contributed by atoms with Crippen LogP contribution in [-0.4, -0.2) is 43.9 Å². The number of rotatable bonds is 9. The van der Waals surface area contributed by atoms with Gasteiger partial charge in [0.1, 0.15) is 5.75 Å². The molecule has 1 heterocycles. The van der Waals surface area contributed by atoms with Gasteiger partial charge in [0, 0.05) is 38.6 Å². The fourth-order valence-electron chi connectivity index (χ4n) is 3.21. The van der Waals surface area contributed by atoms with Crippen LogP contribution in [0.15, 0.2) is 18.2 Å². The number of aryl methyl sites for hydroxylation is 2. The van der Waals surface area contributed by atoms with Crippen LogP contribution in [0.3, 0.4) is 0 Å². The molecular weight excluding hydrogens is 304 g/mol. The molecule has 0 aliphatic carbocycles. The van der Waals surface area contributed by atoms with E-state index < -0.39 is 0 Å². The minimum absolute atomic E-state index is 0.0984. The Bertz CT molecular complexity index is 533. The molecule has 134 valence electrons. The molecule has 0 spiro atoms. The summed E-state index contributed by atoms with van der Waals surface area (Å²) in [5, 5.41) is 15.5. The molecule has 3 N–H and O–H groups in total. The van der Waals surface area contributed by atoms with E-state index in [4.69, 9.17) is 4.74 Å². The third-order valence-corrected chi connectivity index (χ3v) is 4.68. The number of ether oxygens (including phenoxy) is 1. The molecule has 0 aromatic heterocycles. The highest BCUT2D eigenvalue weighted by Crippen LogP contribution is 2.20. The first-order valence-corrected chi connectivity index (χ1v) is 8.94. The van der Waals surface area contributed by atoms with E-state index in [1.807, 2.05) is 13.0 Å². The maximum atomic E-state index is 12.0. The first-order valence-electron chi connectivity index (χ1n) is 8.94. The second kappa shape index (κ2) is 9.64. The van der Waals surface area contributed by atoms with Gasteiger partial charge >= 0.3 is 0 Å². The summed E-state index contributed by atoms with van der Waals surface area (Å²) in [7, 11) is 0. The number of benzene rings is 1. The van der Waals surface area contributed by atoms with Crippen molar-refractivity contribution in [3.05, 3.63) is 29.3 Å². The van der Waals surface area contributed by atoms with Crippen molar-refractivity contribution < 1.29 is 14.6 Å². The third-order valence-electron chi connectivity index (χ3n) is 4.68.